The SMILES string of the molecule is NC1=NC(=O)C(CC(=O)Nc2c(F)c(F)c(F)c(F)c2F)S1. The summed E-state index contributed by atoms with van der Waals surface area (Å²) in [6.07, 6.45) is -0.590. The zero-order chi connectivity index (χ0) is 16.6. The van der Waals surface area contributed by atoms with Crippen molar-refractivity contribution in [2.75, 3.05) is 5.32 Å². The van der Waals surface area contributed by atoms with Crippen LogP contribution in [0.5, 0.6) is 0 Å². The van der Waals surface area contributed by atoms with Crippen LogP contribution < -0.4 is 11.1 Å². The number of rotatable bonds is 3. The fraction of sp³-hybridized carbons (Fsp3) is 0.182. The summed E-state index contributed by atoms with van der Waals surface area (Å²) in [7, 11) is 0. The second-order valence-electron chi connectivity index (χ2n) is 4.09. The molecule has 0 aromatic heterocycles. The van der Waals surface area contributed by atoms with E-state index in [0.717, 1.165) is 11.8 Å². The largest absolute Gasteiger partial charge is 0.378 e. The molecule has 2 rings (SSSR count). The van der Waals surface area contributed by atoms with Crippen LogP contribution in [-0.2, 0) is 9.59 Å². The van der Waals surface area contributed by atoms with E-state index in [1.807, 2.05) is 0 Å². The Bertz CT molecular complexity index is 680. The van der Waals surface area contributed by atoms with Crippen molar-refractivity contribution in [1.29, 1.82) is 0 Å². The van der Waals surface area contributed by atoms with E-state index >= 15 is 0 Å². The van der Waals surface area contributed by atoms with Crippen molar-refractivity contribution in [2.24, 2.45) is 10.7 Å². The van der Waals surface area contributed by atoms with E-state index in [0.29, 0.717) is 0 Å². The number of hydrogen-bond donors (Lipinski definition) is 2. The van der Waals surface area contributed by atoms with Gasteiger partial charge in [0.25, 0.3) is 5.91 Å². The van der Waals surface area contributed by atoms with Crippen molar-refractivity contribution in [3.63, 3.8) is 0 Å². The quantitative estimate of drug-likeness (QED) is 0.498. The van der Waals surface area contributed by atoms with Crippen molar-refractivity contribution in [2.45, 2.75) is 11.7 Å². The minimum absolute atomic E-state index is 0.0842. The number of hydrogen-bond acceptors (Lipinski definition) is 4. The molecule has 0 bridgehead atoms. The molecule has 1 heterocycles. The molecule has 1 unspecified atom stereocenters. The lowest BCUT2D eigenvalue weighted by atomic mass is 10.2. The molecule has 1 aromatic rings. The van der Waals surface area contributed by atoms with Crippen LogP contribution in [0, 0.1) is 29.1 Å². The zero-order valence-corrected chi connectivity index (χ0v) is 11.2. The molecule has 0 radical (unpaired) electrons. The standard InChI is InChI=1S/C11H6F5N3O2S/c12-4-5(13)7(15)9(8(16)6(4)14)18-3(20)1-2-10(21)19-11(17)22-2/h2H,1H2,(H,18,20)(H2,17,19,21). The molecule has 118 valence electrons. The van der Waals surface area contributed by atoms with Crippen molar-refractivity contribution >= 4 is 34.4 Å². The van der Waals surface area contributed by atoms with Crippen LogP contribution in [0.15, 0.2) is 4.99 Å². The number of carbonyl (C=O) groups excluding carboxylic acids is 2. The average molecular weight is 339 g/mol. The summed E-state index contributed by atoms with van der Waals surface area (Å²) in [4.78, 5) is 26.2. The highest BCUT2D eigenvalue weighted by Crippen LogP contribution is 2.28. The first-order valence-corrected chi connectivity index (χ1v) is 6.46. The third-order valence-corrected chi connectivity index (χ3v) is 3.59. The molecule has 1 aromatic carbocycles. The average Bonchev–Trinajstić information content (AvgIpc) is 2.77. The molecule has 3 N–H and O–H groups in total. The monoisotopic (exact) mass is 339 g/mol. The van der Waals surface area contributed by atoms with Crippen LogP contribution >= 0.6 is 11.8 Å². The number of amides is 2. The summed E-state index contributed by atoms with van der Waals surface area (Å²) in [6, 6.07) is 0. The Balaban J connectivity index is 2.18. The minimum Gasteiger partial charge on any atom is -0.378 e. The van der Waals surface area contributed by atoms with Gasteiger partial charge in [-0.05, 0) is 0 Å². The third kappa shape index (κ3) is 2.89. The Morgan fingerprint density at radius 2 is 1.59 bits per heavy atom. The van der Waals surface area contributed by atoms with Gasteiger partial charge in [0, 0.05) is 6.42 Å². The highest BCUT2D eigenvalue weighted by molar-refractivity contribution is 8.15. The summed E-state index contributed by atoms with van der Waals surface area (Å²) >= 11 is 0.751. The van der Waals surface area contributed by atoms with E-state index in [9.17, 15) is 31.5 Å². The molecule has 5 nitrogen and oxygen atoms in total. The van der Waals surface area contributed by atoms with Crippen molar-refractivity contribution < 1.29 is 31.5 Å². The van der Waals surface area contributed by atoms with Crippen LogP contribution in [-0.4, -0.2) is 22.2 Å². The van der Waals surface area contributed by atoms with E-state index in [2.05, 4.69) is 4.99 Å². The lowest BCUT2D eigenvalue weighted by molar-refractivity contribution is -0.121. The molecular formula is C11H6F5N3O2S. The zero-order valence-electron chi connectivity index (χ0n) is 10.4. The number of aliphatic imine (C=N–C) groups is 1. The molecule has 22 heavy (non-hydrogen) atoms. The fourth-order valence-corrected chi connectivity index (χ4v) is 2.43. The number of halogens is 5. The Kier molecular flexibility index (Phi) is 4.35. The Hall–Kier alpha value is -2.17. The van der Waals surface area contributed by atoms with Crippen LogP contribution in [0.4, 0.5) is 27.6 Å². The van der Waals surface area contributed by atoms with E-state index < -0.39 is 58.3 Å². The number of anilines is 1. The van der Waals surface area contributed by atoms with Gasteiger partial charge in [-0.2, -0.15) is 4.99 Å². The normalized spacial score (nSPS) is 17.6. The van der Waals surface area contributed by atoms with Crippen LogP contribution in [0.25, 0.3) is 0 Å². The predicted octanol–water partition coefficient (Wildman–Crippen LogP) is 1.67. The molecule has 0 spiro atoms. The number of nitrogens with one attached hydrogen (secondary N) is 1. The molecule has 0 saturated carbocycles. The maximum absolute atomic E-state index is 13.4. The van der Waals surface area contributed by atoms with E-state index in [4.69, 9.17) is 5.73 Å². The van der Waals surface area contributed by atoms with Crippen LogP contribution in [0.1, 0.15) is 6.42 Å². The van der Waals surface area contributed by atoms with Gasteiger partial charge in [0.05, 0.1) is 0 Å². The maximum atomic E-state index is 13.4. The summed E-state index contributed by atoms with van der Waals surface area (Å²) in [5.41, 5.74) is 3.77. The number of thioether (sulfide) groups is 1. The van der Waals surface area contributed by atoms with Crippen molar-refractivity contribution in [3.8, 4) is 0 Å². The van der Waals surface area contributed by atoms with Gasteiger partial charge in [-0.3, -0.25) is 9.59 Å². The van der Waals surface area contributed by atoms with E-state index in [-0.39, 0.29) is 5.17 Å². The third-order valence-electron chi connectivity index (χ3n) is 2.60. The number of nitrogens with two attached hydrogens (primary N) is 1. The van der Waals surface area contributed by atoms with Gasteiger partial charge < -0.3 is 11.1 Å². The summed E-state index contributed by atoms with van der Waals surface area (Å²) in [6.45, 7) is 0. The van der Waals surface area contributed by atoms with Gasteiger partial charge in [-0.1, -0.05) is 11.8 Å². The Labute approximate surface area is 123 Å². The highest BCUT2D eigenvalue weighted by Gasteiger charge is 2.31. The summed E-state index contributed by atoms with van der Waals surface area (Å²) in [5.74, 6) is -12.9. The number of amidine groups is 1. The molecule has 1 aliphatic rings. The number of carbonyl (C=O) groups is 2. The minimum atomic E-state index is -2.34. The van der Waals surface area contributed by atoms with E-state index in [1.165, 1.54) is 0 Å². The molecule has 0 saturated heterocycles. The first kappa shape index (κ1) is 16.2. The predicted molar refractivity (Wildman–Crippen MR) is 67.5 cm³/mol. The maximum Gasteiger partial charge on any atom is 0.262 e. The highest BCUT2D eigenvalue weighted by atomic mass is 32.2. The number of nitrogens with zero attached hydrogens (tertiary/aromatic N) is 1. The Morgan fingerprint density at radius 3 is 2.05 bits per heavy atom. The van der Waals surface area contributed by atoms with Gasteiger partial charge in [-0.15, -0.1) is 0 Å². The summed E-state index contributed by atoms with van der Waals surface area (Å²) in [5, 5.41) is 0.460. The topological polar surface area (TPSA) is 84.5 Å². The molecule has 1 aliphatic heterocycles. The second-order valence-corrected chi connectivity index (χ2v) is 5.31. The lowest BCUT2D eigenvalue weighted by Gasteiger charge is -2.11. The summed E-state index contributed by atoms with van der Waals surface area (Å²) < 4.78 is 65.5. The smallest absolute Gasteiger partial charge is 0.262 e. The number of benzene rings is 1. The van der Waals surface area contributed by atoms with Gasteiger partial charge in [-0.25, -0.2) is 22.0 Å². The first-order valence-electron chi connectivity index (χ1n) is 5.58. The molecule has 2 amide bonds. The fourth-order valence-electron chi connectivity index (χ4n) is 1.61. The lowest BCUT2D eigenvalue weighted by Crippen LogP contribution is -2.23. The van der Waals surface area contributed by atoms with Gasteiger partial charge in [0.2, 0.25) is 11.7 Å². The van der Waals surface area contributed by atoms with E-state index in [1.54, 1.807) is 5.32 Å². The second kappa shape index (κ2) is 5.91. The van der Waals surface area contributed by atoms with Crippen molar-refractivity contribution in [3.05, 3.63) is 29.1 Å². The molecular weight excluding hydrogens is 333 g/mol. The Morgan fingerprint density at radius 1 is 1.09 bits per heavy atom. The van der Waals surface area contributed by atoms with Crippen molar-refractivity contribution in [1.82, 2.24) is 0 Å². The van der Waals surface area contributed by atoms with Gasteiger partial charge >= 0.3 is 0 Å². The molecule has 0 aliphatic carbocycles. The van der Waals surface area contributed by atoms with Gasteiger partial charge in [0.15, 0.2) is 28.4 Å². The van der Waals surface area contributed by atoms with Crippen LogP contribution in [0.3, 0.4) is 0 Å². The first-order chi connectivity index (χ1) is 10.2. The van der Waals surface area contributed by atoms with Crippen LogP contribution in [0.2, 0.25) is 0 Å². The molecule has 0 fully saturated rings. The molecule has 1 atom stereocenters. The molecule has 11 heteroatoms. The van der Waals surface area contributed by atoms with Gasteiger partial charge in [0.1, 0.15) is 10.9 Å².